The van der Waals surface area contributed by atoms with E-state index in [1.54, 1.807) is 28.5 Å². The Morgan fingerprint density at radius 2 is 2.03 bits per heavy atom. The summed E-state index contributed by atoms with van der Waals surface area (Å²) in [7, 11) is 0. The lowest BCUT2D eigenvalue weighted by molar-refractivity contribution is -0.389. The second-order valence-electron chi connectivity index (χ2n) is 9.12. The lowest BCUT2D eigenvalue weighted by atomic mass is 10.0. The molecule has 0 bridgehead atoms. The topological polar surface area (TPSA) is 103 Å². The standard InChI is InChI=1S/C23H26F3N5O5/c1-16(17-4-3-5-18(12-17)23(24,25)26)6-11-35-21(32)29-9-7-28(8-10-29)14-22(2)15-30-13-19(31(33)34)27-20(30)36-22/h3-6,12-13H,7-11,14-15H2,1-2H3/t22-/m0/s1. The normalized spacial score (nSPS) is 20.7. The van der Waals surface area contributed by atoms with Gasteiger partial charge in [0.1, 0.15) is 18.4 Å². The van der Waals surface area contributed by atoms with Crippen molar-refractivity contribution in [2.75, 3.05) is 39.3 Å². The maximum Gasteiger partial charge on any atom is 0.416 e. The first-order valence-electron chi connectivity index (χ1n) is 11.3. The number of carbonyl (C=O) groups excluding carboxylic acids is 1. The number of carbonyl (C=O) groups is 1. The first-order valence-corrected chi connectivity index (χ1v) is 11.3. The van der Waals surface area contributed by atoms with Gasteiger partial charge in [-0.15, -0.1) is 0 Å². The molecule has 0 unspecified atom stereocenters. The highest BCUT2D eigenvalue weighted by Gasteiger charge is 2.42. The SMILES string of the molecule is CC(=CCOC(=O)N1CCN(C[C@@]2(C)Cn3cc([N+](=O)[O-])nc3O2)CC1)c1cccc(C(F)(F)F)c1. The summed E-state index contributed by atoms with van der Waals surface area (Å²) in [5.41, 5.74) is -0.334. The first-order chi connectivity index (χ1) is 16.9. The third-order valence-electron chi connectivity index (χ3n) is 6.19. The molecule has 0 radical (unpaired) electrons. The molecule has 4 rings (SSSR count). The van der Waals surface area contributed by atoms with E-state index in [1.807, 2.05) is 6.92 Å². The van der Waals surface area contributed by atoms with Gasteiger partial charge in [0, 0.05) is 37.7 Å². The molecule has 10 nitrogen and oxygen atoms in total. The van der Waals surface area contributed by atoms with Gasteiger partial charge in [0.15, 0.2) is 0 Å². The predicted octanol–water partition coefficient (Wildman–Crippen LogP) is 3.82. The lowest BCUT2D eigenvalue weighted by Crippen LogP contribution is -2.54. The van der Waals surface area contributed by atoms with Crippen LogP contribution in [0, 0.1) is 10.1 Å². The molecule has 1 saturated heterocycles. The molecule has 0 N–H and O–H groups in total. The van der Waals surface area contributed by atoms with Crippen LogP contribution in [-0.4, -0.2) is 75.3 Å². The number of allylic oxidation sites excluding steroid dienone is 1. The van der Waals surface area contributed by atoms with E-state index in [9.17, 15) is 28.1 Å². The molecular formula is C23H26F3N5O5. The fourth-order valence-corrected chi connectivity index (χ4v) is 4.31. The van der Waals surface area contributed by atoms with Crippen LogP contribution in [0.2, 0.25) is 0 Å². The van der Waals surface area contributed by atoms with Crippen LogP contribution in [0.25, 0.3) is 5.57 Å². The average molecular weight is 509 g/mol. The average Bonchev–Trinajstić information content (AvgIpc) is 3.34. The van der Waals surface area contributed by atoms with Gasteiger partial charge in [-0.3, -0.25) is 9.47 Å². The number of hydrogen-bond acceptors (Lipinski definition) is 7. The number of hydrogen-bond donors (Lipinski definition) is 0. The van der Waals surface area contributed by atoms with Crippen LogP contribution in [0.5, 0.6) is 6.01 Å². The highest BCUT2D eigenvalue weighted by atomic mass is 19.4. The van der Waals surface area contributed by atoms with Gasteiger partial charge in [0.25, 0.3) is 0 Å². The van der Waals surface area contributed by atoms with Crippen LogP contribution in [-0.2, 0) is 17.5 Å². The molecule has 1 aromatic heterocycles. The number of nitrogens with zero attached hydrogens (tertiary/aromatic N) is 5. The van der Waals surface area contributed by atoms with Gasteiger partial charge in [-0.1, -0.05) is 12.1 Å². The zero-order chi connectivity index (χ0) is 26.1. The Hall–Kier alpha value is -3.61. The minimum absolute atomic E-state index is 0.0510. The maximum atomic E-state index is 12.9. The van der Waals surface area contributed by atoms with E-state index in [-0.39, 0.29) is 18.4 Å². The third kappa shape index (κ3) is 5.78. The van der Waals surface area contributed by atoms with Gasteiger partial charge in [0.05, 0.1) is 12.1 Å². The molecule has 3 heterocycles. The Kier molecular flexibility index (Phi) is 6.94. The lowest BCUT2D eigenvalue weighted by Gasteiger charge is -2.37. The van der Waals surface area contributed by atoms with Crippen molar-refractivity contribution in [2.45, 2.75) is 32.2 Å². The van der Waals surface area contributed by atoms with Crippen molar-refractivity contribution in [3.8, 4) is 6.01 Å². The van der Waals surface area contributed by atoms with Gasteiger partial charge >= 0.3 is 24.1 Å². The van der Waals surface area contributed by atoms with Crippen molar-refractivity contribution in [3.63, 3.8) is 0 Å². The summed E-state index contributed by atoms with van der Waals surface area (Å²) in [6.07, 6.45) is -1.97. The van der Waals surface area contributed by atoms with Crippen LogP contribution in [0.1, 0.15) is 25.0 Å². The molecule has 1 atom stereocenters. The Bertz CT molecular complexity index is 1150. The van der Waals surface area contributed by atoms with E-state index >= 15 is 0 Å². The number of nitro groups is 1. The predicted molar refractivity (Wildman–Crippen MR) is 122 cm³/mol. The number of rotatable bonds is 6. The summed E-state index contributed by atoms with van der Waals surface area (Å²) in [5, 5.41) is 10.9. The number of piperazine rings is 1. The van der Waals surface area contributed by atoms with Crippen LogP contribution in [0.3, 0.4) is 0 Å². The summed E-state index contributed by atoms with van der Waals surface area (Å²) in [6.45, 7) is 6.60. The van der Waals surface area contributed by atoms with E-state index in [0.29, 0.717) is 50.4 Å². The molecule has 194 valence electrons. The fourth-order valence-electron chi connectivity index (χ4n) is 4.31. The number of amides is 1. The molecule has 2 aliphatic rings. The quantitative estimate of drug-likeness (QED) is 0.431. The van der Waals surface area contributed by atoms with Gasteiger partial charge in [-0.05, 0) is 48.1 Å². The monoisotopic (exact) mass is 509 g/mol. The van der Waals surface area contributed by atoms with E-state index in [1.165, 1.54) is 12.3 Å². The third-order valence-corrected chi connectivity index (χ3v) is 6.19. The van der Waals surface area contributed by atoms with E-state index in [4.69, 9.17) is 9.47 Å². The molecule has 0 aliphatic carbocycles. The van der Waals surface area contributed by atoms with Crippen LogP contribution >= 0.6 is 0 Å². The first kappa shape index (κ1) is 25.5. The van der Waals surface area contributed by atoms with Crippen LogP contribution in [0.15, 0.2) is 36.5 Å². The summed E-state index contributed by atoms with van der Waals surface area (Å²) >= 11 is 0. The maximum absolute atomic E-state index is 12.9. The Morgan fingerprint density at radius 3 is 2.67 bits per heavy atom. The van der Waals surface area contributed by atoms with Crippen molar-refractivity contribution in [2.24, 2.45) is 0 Å². The van der Waals surface area contributed by atoms with E-state index < -0.39 is 28.4 Å². The number of halogens is 3. The van der Waals surface area contributed by atoms with Gasteiger partial charge in [-0.25, -0.2) is 4.79 Å². The Morgan fingerprint density at radius 1 is 1.31 bits per heavy atom. The molecule has 2 aliphatic heterocycles. The highest BCUT2D eigenvalue weighted by Crippen LogP contribution is 2.32. The molecule has 36 heavy (non-hydrogen) atoms. The molecule has 1 aromatic carbocycles. The van der Waals surface area contributed by atoms with Crippen molar-refractivity contribution >= 4 is 17.5 Å². The van der Waals surface area contributed by atoms with Crippen molar-refractivity contribution < 1.29 is 32.4 Å². The second-order valence-corrected chi connectivity index (χ2v) is 9.12. The van der Waals surface area contributed by atoms with Crippen molar-refractivity contribution in [3.05, 3.63) is 57.8 Å². The molecular weight excluding hydrogens is 483 g/mol. The van der Waals surface area contributed by atoms with E-state index in [0.717, 1.165) is 12.1 Å². The summed E-state index contributed by atoms with van der Waals surface area (Å²) < 4.78 is 51.5. The summed E-state index contributed by atoms with van der Waals surface area (Å²) in [6, 6.07) is 5.21. The highest BCUT2D eigenvalue weighted by molar-refractivity contribution is 5.69. The van der Waals surface area contributed by atoms with E-state index in [2.05, 4.69) is 9.88 Å². The van der Waals surface area contributed by atoms with Crippen LogP contribution in [0.4, 0.5) is 23.8 Å². The zero-order valence-corrected chi connectivity index (χ0v) is 19.8. The number of aromatic nitrogens is 2. The molecule has 2 aromatic rings. The van der Waals surface area contributed by atoms with Gasteiger partial charge in [-0.2, -0.15) is 13.2 Å². The Labute approximate surface area is 205 Å². The van der Waals surface area contributed by atoms with Crippen molar-refractivity contribution in [1.82, 2.24) is 19.4 Å². The minimum Gasteiger partial charge on any atom is -0.445 e. The summed E-state index contributed by atoms with van der Waals surface area (Å²) in [5.74, 6) is -0.251. The molecule has 0 saturated carbocycles. The van der Waals surface area contributed by atoms with Gasteiger partial charge < -0.3 is 24.5 Å². The van der Waals surface area contributed by atoms with Gasteiger partial charge in [0.2, 0.25) is 0 Å². The number of alkyl halides is 3. The Balaban J connectivity index is 1.22. The smallest absolute Gasteiger partial charge is 0.416 e. The largest absolute Gasteiger partial charge is 0.445 e. The van der Waals surface area contributed by atoms with Crippen LogP contribution < -0.4 is 4.74 Å². The molecule has 1 fully saturated rings. The minimum atomic E-state index is -4.42. The summed E-state index contributed by atoms with van der Waals surface area (Å²) in [4.78, 5) is 30.3. The number of imidazole rings is 1. The zero-order valence-electron chi connectivity index (χ0n) is 19.8. The molecule has 0 spiro atoms. The molecule has 13 heteroatoms. The number of fused-ring (bicyclic) bond motifs is 1. The number of benzene rings is 1. The second kappa shape index (κ2) is 9.80. The fraction of sp³-hybridized carbons (Fsp3) is 0.478. The number of ether oxygens (including phenoxy) is 2. The van der Waals surface area contributed by atoms with Crippen molar-refractivity contribution in [1.29, 1.82) is 0 Å². The molecule has 1 amide bonds.